The first kappa shape index (κ1) is 19.4. The van der Waals surface area contributed by atoms with Gasteiger partial charge in [-0.2, -0.15) is 0 Å². The molecule has 2 aromatic rings. The zero-order valence-electron chi connectivity index (χ0n) is 16.7. The van der Waals surface area contributed by atoms with E-state index >= 15 is 0 Å². The molecule has 2 aliphatic rings. The third-order valence-electron chi connectivity index (χ3n) is 5.88. The fourth-order valence-electron chi connectivity index (χ4n) is 4.32. The van der Waals surface area contributed by atoms with Crippen LogP contribution in [0.3, 0.4) is 0 Å². The van der Waals surface area contributed by atoms with E-state index in [0.29, 0.717) is 17.8 Å². The largest absolute Gasteiger partial charge is 0.507 e. The van der Waals surface area contributed by atoms with Crippen LogP contribution in [-0.2, 0) is 22.4 Å². The van der Waals surface area contributed by atoms with Crippen molar-refractivity contribution in [3.05, 3.63) is 70.6 Å². The van der Waals surface area contributed by atoms with E-state index in [-0.39, 0.29) is 11.3 Å². The summed E-state index contributed by atoms with van der Waals surface area (Å²) in [6, 6.07) is 10.6. The van der Waals surface area contributed by atoms with Crippen LogP contribution < -0.4 is 0 Å². The van der Waals surface area contributed by atoms with E-state index in [1.54, 1.807) is 23.2 Å². The molecular weight excluding hydrogens is 364 g/mol. The Morgan fingerprint density at radius 3 is 2.66 bits per heavy atom. The highest BCUT2D eigenvalue weighted by Gasteiger charge is 2.46. The number of hydrogen-bond acceptors (Lipinski definition) is 4. The molecule has 1 unspecified atom stereocenters. The number of pyridine rings is 1. The first-order valence-electron chi connectivity index (χ1n) is 10.4. The molecule has 29 heavy (non-hydrogen) atoms. The second kappa shape index (κ2) is 8.19. The SMILES string of the molecule is CCCCN1C(=O)C(=O)/C(=C(\O)c2ccc3c(c2)CCCC3)C1c1ccccn1. The average Bonchev–Trinajstić information content (AvgIpc) is 3.02. The maximum Gasteiger partial charge on any atom is 0.295 e. The van der Waals surface area contributed by atoms with Gasteiger partial charge in [-0.15, -0.1) is 0 Å². The normalized spacial score (nSPS) is 20.7. The van der Waals surface area contributed by atoms with Gasteiger partial charge in [-0.3, -0.25) is 14.6 Å². The molecule has 1 fully saturated rings. The lowest BCUT2D eigenvalue weighted by Crippen LogP contribution is -2.31. The number of likely N-dealkylation sites (tertiary alicyclic amines) is 1. The highest BCUT2D eigenvalue weighted by molar-refractivity contribution is 6.46. The van der Waals surface area contributed by atoms with Gasteiger partial charge in [0.1, 0.15) is 11.8 Å². The van der Waals surface area contributed by atoms with Crippen LogP contribution in [0.1, 0.15) is 61.0 Å². The number of unbranched alkanes of at least 4 members (excludes halogenated alkanes) is 1. The minimum Gasteiger partial charge on any atom is -0.507 e. The molecular formula is C24H26N2O3. The predicted molar refractivity (Wildman–Crippen MR) is 111 cm³/mol. The van der Waals surface area contributed by atoms with Crippen LogP contribution in [0, 0.1) is 0 Å². The number of benzene rings is 1. The van der Waals surface area contributed by atoms with Gasteiger partial charge in [-0.1, -0.05) is 31.5 Å². The number of carbonyl (C=O) groups is 2. The standard InChI is InChI=1S/C24H26N2O3/c1-2-3-14-26-21(19-10-6-7-13-25-19)20(23(28)24(26)29)22(27)18-12-11-16-8-4-5-9-17(16)15-18/h6-7,10-13,15,21,27H,2-5,8-9,14H2,1H3/b22-20-. The third-order valence-corrected chi connectivity index (χ3v) is 5.88. The first-order valence-corrected chi connectivity index (χ1v) is 10.4. The Bertz CT molecular complexity index is 965. The van der Waals surface area contributed by atoms with Crippen LogP contribution >= 0.6 is 0 Å². The van der Waals surface area contributed by atoms with Crippen molar-refractivity contribution < 1.29 is 14.7 Å². The number of carbonyl (C=O) groups excluding carboxylic acids is 2. The van der Waals surface area contributed by atoms with Crippen molar-refractivity contribution in [1.82, 2.24) is 9.88 Å². The molecule has 5 heteroatoms. The molecule has 1 aromatic heterocycles. The van der Waals surface area contributed by atoms with Crippen LogP contribution in [0.5, 0.6) is 0 Å². The smallest absolute Gasteiger partial charge is 0.295 e. The molecule has 1 amide bonds. The zero-order chi connectivity index (χ0) is 20.4. The number of rotatable bonds is 5. The molecule has 1 atom stereocenters. The lowest BCUT2D eigenvalue weighted by Gasteiger charge is -2.24. The van der Waals surface area contributed by atoms with Gasteiger partial charge in [-0.05, 0) is 61.4 Å². The van der Waals surface area contributed by atoms with Crippen LogP contribution in [0.25, 0.3) is 5.76 Å². The van der Waals surface area contributed by atoms with Crippen LogP contribution in [-0.4, -0.2) is 33.2 Å². The number of hydrogen-bond donors (Lipinski definition) is 1. The topological polar surface area (TPSA) is 70.5 Å². The number of Topliss-reactive ketones (excluding diaryl/α,β-unsaturated/α-hetero) is 1. The summed E-state index contributed by atoms with van der Waals surface area (Å²) in [5.74, 6) is -1.30. The van der Waals surface area contributed by atoms with Crippen molar-refractivity contribution in [2.75, 3.05) is 6.54 Å². The number of aromatic nitrogens is 1. The highest BCUT2D eigenvalue weighted by Crippen LogP contribution is 2.39. The van der Waals surface area contributed by atoms with Crippen LogP contribution in [0.15, 0.2) is 48.2 Å². The second-order valence-electron chi connectivity index (χ2n) is 7.79. The van der Waals surface area contributed by atoms with Crippen LogP contribution in [0.2, 0.25) is 0 Å². The fraction of sp³-hybridized carbons (Fsp3) is 0.375. The summed E-state index contributed by atoms with van der Waals surface area (Å²) in [6.07, 6.45) is 7.68. The molecule has 4 rings (SSSR count). The number of fused-ring (bicyclic) bond motifs is 1. The molecule has 1 aromatic carbocycles. The maximum absolute atomic E-state index is 12.9. The summed E-state index contributed by atoms with van der Waals surface area (Å²) in [4.78, 5) is 31.7. The van der Waals surface area contributed by atoms with E-state index in [2.05, 4.69) is 4.98 Å². The summed E-state index contributed by atoms with van der Waals surface area (Å²) < 4.78 is 0. The van der Waals surface area contributed by atoms with E-state index < -0.39 is 17.7 Å². The first-order chi connectivity index (χ1) is 14.1. The molecule has 1 aliphatic carbocycles. The van der Waals surface area contributed by atoms with Gasteiger partial charge in [0.25, 0.3) is 11.7 Å². The lowest BCUT2D eigenvalue weighted by molar-refractivity contribution is -0.140. The minimum atomic E-state index is -0.654. The van der Waals surface area contributed by atoms with Crippen molar-refractivity contribution in [1.29, 1.82) is 0 Å². The molecule has 150 valence electrons. The van der Waals surface area contributed by atoms with E-state index in [1.807, 2.05) is 31.2 Å². The number of aryl methyl sites for hydroxylation is 2. The van der Waals surface area contributed by atoms with Gasteiger partial charge in [0.15, 0.2) is 0 Å². The Balaban J connectivity index is 1.82. The molecule has 0 saturated carbocycles. The Morgan fingerprint density at radius 2 is 1.93 bits per heavy atom. The van der Waals surface area contributed by atoms with Gasteiger partial charge < -0.3 is 10.0 Å². The van der Waals surface area contributed by atoms with Gasteiger partial charge in [0.05, 0.1) is 11.3 Å². The van der Waals surface area contributed by atoms with Crippen molar-refractivity contribution in [2.45, 2.75) is 51.5 Å². The third kappa shape index (κ3) is 3.57. The molecule has 5 nitrogen and oxygen atoms in total. The number of aliphatic hydroxyl groups is 1. The Morgan fingerprint density at radius 1 is 1.14 bits per heavy atom. The summed E-state index contributed by atoms with van der Waals surface area (Å²) in [6.45, 7) is 2.50. The van der Waals surface area contributed by atoms with Crippen molar-refractivity contribution in [3.63, 3.8) is 0 Å². The van der Waals surface area contributed by atoms with Crippen molar-refractivity contribution in [3.8, 4) is 0 Å². The van der Waals surface area contributed by atoms with Crippen LogP contribution in [0.4, 0.5) is 0 Å². The summed E-state index contributed by atoms with van der Waals surface area (Å²) >= 11 is 0. The predicted octanol–water partition coefficient (Wildman–Crippen LogP) is 4.18. The van der Waals surface area contributed by atoms with Gasteiger partial charge in [-0.25, -0.2) is 0 Å². The molecule has 1 saturated heterocycles. The zero-order valence-corrected chi connectivity index (χ0v) is 16.7. The minimum absolute atomic E-state index is 0.105. The van der Waals surface area contributed by atoms with E-state index in [9.17, 15) is 14.7 Å². The number of nitrogens with zero attached hydrogens (tertiary/aromatic N) is 2. The summed E-state index contributed by atoms with van der Waals surface area (Å²) in [7, 11) is 0. The van der Waals surface area contributed by atoms with Gasteiger partial charge in [0.2, 0.25) is 0 Å². The monoisotopic (exact) mass is 390 g/mol. The fourth-order valence-corrected chi connectivity index (χ4v) is 4.32. The van der Waals surface area contributed by atoms with Gasteiger partial charge in [0, 0.05) is 18.3 Å². The number of ketones is 1. The molecule has 1 N–H and O–H groups in total. The van der Waals surface area contributed by atoms with Crippen molar-refractivity contribution in [2.24, 2.45) is 0 Å². The summed E-state index contributed by atoms with van der Waals surface area (Å²) in [5, 5.41) is 11.1. The molecule has 0 radical (unpaired) electrons. The average molecular weight is 390 g/mol. The molecule has 1 aliphatic heterocycles. The summed E-state index contributed by atoms with van der Waals surface area (Å²) in [5.41, 5.74) is 3.86. The Labute approximate surface area is 171 Å². The van der Waals surface area contributed by atoms with E-state index in [0.717, 1.165) is 32.1 Å². The Hall–Kier alpha value is -2.95. The lowest BCUT2D eigenvalue weighted by atomic mass is 9.89. The maximum atomic E-state index is 12.9. The number of aliphatic hydroxyl groups excluding tert-OH is 1. The van der Waals surface area contributed by atoms with Gasteiger partial charge >= 0.3 is 0 Å². The molecule has 2 heterocycles. The van der Waals surface area contributed by atoms with E-state index in [4.69, 9.17) is 0 Å². The number of amides is 1. The Kier molecular flexibility index (Phi) is 5.47. The quantitative estimate of drug-likeness (QED) is 0.472. The van der Waals surface area contributed by atoms with Crippen molar-refractivity contribution >= 4 is 17.4 Å². The second-order valence-corrected chi connectivity index (χ2v) is 7.79. The van der Waals surface area contributed by atoms with E-state index in [1.165, 1.54) is 17.5 Å². The molecule has 0 bridgehead atoms. The molecule has 0 spiro atoms. The highest BCUT2D eigenvalue weighted by atomic mass is 16.3.